The van der Waals surface area contributed by atoms with Gasteiger partial charge < -0.3 is 5.73 Å². The van der Waals surface area contributed by atoms with Crippen LogP contribution >= 0.6 is 27.3 Å². The molecule has 0 aliphatic rings. The summed E-state index contributed by atoms with van der Waals surface area (Å²) < 4.78 is 2.77. The zero-order valence-corrected chi connectivity index (χ0v) is 9.97. The van der Waals surface area contributed by atoms with Crippen LogP contribution in [0.5, 0.6) is 0 Å². The maximum Gasteiger partial charge on any atom is 0.191 e. The van der Waals surface area contributed by atoms with Crippen LogP contribution < -0.4 is 5.73 Å². The predicted molar refractivity (Wildman–Crippen MR) is 59.9 cm³/mol. The van der Waals surface area contributed by atoms with Gasteiger partial charge in [-0.3, -0.25) is 4.68 Å². The van der Waals surface area contributed by atoms with E-state index in [2.05, 4.69) is 26.0 Å². The SMILES string of the molecule is Cn1nc(-c2cc(Br)cs2)nc1CN. The largest absolute Gasteiger partial charge is 0.324 e. The molecule has 2 N–H and O–H groups in total. The molecular formula is C8H9BrN4S. The Morgan fingerprint density at radius 1 is 1.64 bits per heavy atom. The molecule has 0 atom stereocenters. The molecule has 2 aromatic heterocycles. The van der Waals surface area contributed by atoms with Crippen molar-refractivity contribution in [1.29, 1.82) is 0 Å². The van der Waals surface area contributed by atoms with Crippen LogP contribution in [0.1, 0.15) is 5.82 Å². The third kappa shape index (κ3) is 1.73. The minimum Gasteiger partial charge on any atom is -0.324 e. The Balaban J connectivity index is 2.42. The van der Waals surface area contributed by atoms with E-state index >= 15 is 0 Å². The second-order valence-corrected chi connectivity index (χ2v) is 4.64. The van der Waals surface area contributed by atoms with Crippen LogP contribution in [0.3, 0.4) is 0 Å². The van der Waals surface area contributed by atoms with E-state index in [1.807, 2.05) is 18.5 Å². The van der Waals surface area contributed by atoms with E-state index in [4.69, 9.17) is 5.73 Å². The van der Waals surface area contributed by atoms with Crippen LogP contribution in [0.4, 0.5) is 0 Å². The highest BCUT2D eigenvalue weighted by Gasteiger charge is 2.09. The molecule has 0 saturated heterocycles. The number of nitrogens with zero attached hydrogens (tertiary/aromatic N) is 3. The molecule has 2 rings (SSSR count). The third-order valence-corrected chi connectivity index (χ3v) is 3.51. The average Bonchev–Trinajstić information content (AvgIpc) is 2.71. The summed E-state index contributed by atoms with van der Waals surface area (Å²) in [4.78, 5) is 5.38. The normalized spacial score (nSPS) is 10.8. The summed E-state index contributed by atoms with van der Waals surface area (Å²) in [6, 6.07) is 2.00. The molecule has 0 aliphatic carbocycles. The van der Waals surface area contributed by atoms with Gasteiger partial charge in [-0.2, -0.15) is 5.10 Å². The second kappa shape index (κ2) is 3.80. The lowest BCUT2D eigenvalue weighted by Crippen LogP contribution is -2.05. The molecule has 0 aromatic carbocycles. The van der Waals surface area contributed by atoms with E-state index < -0.39 is 0 Å². The number of nitrogens with two attached hydrogens (primary N) is 1. The van der Waals surface area contributed by atoms with Crippen molar-refractivity contribution in [3.05, 3.63) is 21.7 Å². The Bertz CT molecular complexity index is 448. The molecule has 0 aliphatic heterocycles. The van der Waals surface area contributed by atoms with Crippen molar-refractivity contribution in [1.82, 2.24) is 14.8 Å². The summed E-state index contributed by atoms with van der Waals surface area (Å²) in [5.74, 6) is 1.54. The van der Waals surface area contributed by atoms with Gasteiger partial charge in [0, 0.05) is 16.9 Å². The molecule has 14 heavy (non-hydrogen) atoms. The molecule has 0 unspecified atom stereocenters. The first-order valence-corrected chi connectivity index (χ1v) is 5.72. The summed E-state index contributed by atoms with van der Waals surface area (Å²) in [6.07, 6.45) is 0. The van der Waals surface area contributed by atoms with Crippen molar-refractivity contribution in [3.8, 4) is 10.7 Å². The van der Waals surface area contributed by atoms with Crippen LogP contribution in [0.15, 0.2) is 15.9 Å². The second-order valence-electron chi connectivity index (χ2n) is 2.81. The molecule has 2 heterocycles. The highest BCUT2D eigenvalue weighted by molar-refractivity contribution is 9.10. The first-order valence-electron chi connectivity index (χ1n) is 4.05. The molecule has 0 saturated carbocycles. The summed E-state index contributed by atoms with van der Waals surface area (Å²) in [5, 5.41) is 6.29. The molecule has 0 spiro atoms. The van der Waals surface area contributed by atoms with E-state index in [1.165, 1.54) is 0 Å². The van der Waals surface area contributed by atoms with E-state index in [1.54, 1.807) is 16.0 Å². The zero-order chi connectivity index (χ0) is 10.1. The Labute approximate surface area is 93.9 Å². The van der Waals surface area contributed by atoms with Crippen molar-refractivity contribution >= 4 is 27.3 Å². The number of thiophene rings is 1. The number of hydrogen-bond acceptors (Lipinski definition) is 4. The Morgan fingerprint density at radius 2 is 2.43 bits per heavy atom. The van der Waals surface area contributed by atoms with Crippen molar-refractivity contribution in [3.63, 3.8) is 0 Å². The van der Waals surface area contributed by atoms with Gasteiger partial charge in [-0.25, -0.2) is 4.98 Å². The third-order valence-electron chi connectivity index (χ3n) is 1.82. The fraction of sp³-hybridized carbons (Fsp3) is 0.250. The topological polar surface area (TPSA) is 56.7 Å². The van der Waals surface area contributed by atoms with Gasteiger partial charge in [0.15, 0.2) is 5.82 Å². The summed E-state index contributed by atoms with van der Waals surface area (Å²) in [7, 11) is 1.85. The number of halogens is 1. The van der Waals surface area contributed by atoms with E-state index in [-0.39, 0.29) is 0 Å². The zero-order valence-electron chi connectivity index (χ0n) is 7.57. The quantitative estimate of drug-likeness (QED) is 0.907. The molecule has 0 fully saturated rings. The predicted octanol–water partition coefficient (Wildman–Crippen LogP) is 1.76. The fourth-order valence-electron chi connectivity index (χ4n) is 1.13. The first kappa shape index (κ1) is 9.82. The lowest BCUT2D eigenvalue weighted by Gasteiger charge is -1.90. The minimum absolute atomic E-state index is 0.413. The van der Waals surface area contributed by atoms with Crippen LogP contribution in [0.2, 0.25) is 0 Å². The number of rotatable bonds is 2. The molecule has 4 nitrogen and oxygen atoms in total. The van der Waals surface area contributed by atoms with Gasteiger partial charge in [0.05, 0.1) is 11.4 Å². The maximum absolute atomic E-state index is 5.52. The standard InChI is InChI=1S/C8H9BrN4S/c1-13-7(3-10)11-8(12-13)6-2-5(9)4-14-6/h2,4H,3,10H2,1H3. The van der Waals surface area contributed by atoms with E-state index in [9.17, 15) is 0 Å². The Kier molecular flexibility index (Phi) is 2.66. The van der Waals surface area contributed by atoms with Crippen LogP contribution in [0.25, 0.3) is 10.7 Å². The molecule has 0 amide bonds. The average molecular weight is 273 g/mol. The molecular weight excluding hydrogens is 264 g/mol. The van der Waals surface area contributed by atoms with Gasteiger partial charge in [0.1, 0.15) is 5.82 Å². The van der Waals surface area contributed by atoms with Crippen LogP contribution in [-0.2, 0) is 13.6 Å². The summed E-state index contributed by atoms with van der Waals surface area (Å²) >= 11 is 5.00. The first-order chi connectivity index (χ1) is 6.70. The summed E-state index contributed by atoms with van der Waals surface area (Å²) in [6.45, 7) is 0.413. The number of aryl methyl sites for hydroxylation is 1. The molecule has 0 bridgehead atoms. The number of hydrogen-bond donors (Lipinski definition) is 1. The lowest BCUT2D eigenvalue weighted by molar-refractivity contribution is 0.703. The molecule has 6 heteroatoms. The highest BCUT2D eigenvalue weighted by Crippen LogP contribution is 2.27. The van der Waals surface area contributed by atoms with Gasteiger partial charge in [-0.1, -0.05) is 0 Å². The fourth-order valence-corrected chi connectivity index (χ4v) is 2.48. The van der Waals surface area contributed by atoms with E-state index in [0.29, 0.717) is 6.54 Å². The van der Waals surface area contributed by atoms with Gasteiger partial charge in [0.2, 0.25) is 0 Å². The Morgan fingerprint density at radius 3 is 2.93 bits per heavy atom. The van der Waals surface area contributed by atoms with Crippen molar-refractivity contribution < 1.29 is 0 Å². The Hall–Kier alpha value is -0.720. The summed E-state index contributed by atoms with van der Waals surface area (Å²) in [5.41, 5.74) is 5.52. The van der Waals surface area contributed by atoms with Crippen LogP contribution in [0, 0.1) is 0 Å². The minimum atomic E-state index is 0.413. The molecule has 74 valence electrons. The number of aromatic nitrogens is 3. The lowest BCUT2D eigenvalue weighted by atomic mass is 10.4. The van der Waals surface area contributed by atoms with Crippen molar-refractivity contribution in [2.45, 2.75) is 6.54 Å². The van der Waals surface area contributed by atoms with Crippen molar-refractivity contribution in [2.24, 2.45) is 12.8 Å². The smallest absolute Gasteiger partial charge is 0.191 e. The molecule has 0 radical (unpaired) electrons. The molecule has 2 aromatic rings. The van der Waals surface area contributed by atoms with E-state index in [0.717, 1.165) is 21.0 Å². The van der Waals surface area contributed by atoms with Gasteiger partial charge in [-0.05, 0) is 22.0 Å². The monoisotopic (exact) mass is 272 g/mol. The van der Waals surface area contributed by atoms with Gasteiger partial charge in [0.25, 0.3) is 0 Å². The van der Waals surface area contributed by atoms with Crippen molar-refractivity contribution in [2.75, 3.05) is 0 Å². The van der Waals surface area contributed by atoms with Gasteiger partial charge >= 0.3 is 0 Å². The van der Waals surface area contributed by atoms with Crippen LogP contribution in [-0.4, -0.2) is 14.8 Å². The maximum atomic E-state index is 5.52. The van der Waals surface area contributed by atoms with Gasteiger partial charge in [-0.15, -0.1) is 11.3 Å². The highest BCUT2D eigenvalue weighted by atomic mass is 79.9.